The van der Waals surface area contributed by atoms with Crippen molar-refractivity contribution < 1.29 is 14.6 Å². The van der Waals surface area contributed by atoms with Gasteiger partial charge in [0.2, 0.25) is 0 Å². The van der Waals surface area contributed by atoms with Gasteiger partial charge in [0, 0.05) is 13.7 Å². The highest BCUT2D eigenvalue weighted by Gasteiger charge is 2.52. The Hall–Kier alpha value is -2.06. The summed E-state index contributed by atoms with van der Waals surface area (Å²) in [6.45, 7) is 4.71. The van der Waals surface area contributed by atoms with Gasteiger partial charge in [0.15, 0.2) is 0 Å². The largest absolute Gasteiger partial charge is 0.393 e. The first-order valence-electron chi connectivity index (χ1n) is 9.20. The summed E-state index contributed by atoms with van der Waals surface area (Å²) in [7, 11) is 1.70. The average molecular weight is 359 g/mol. The van der Waals surface area contributed by atoms with E-state index in [1.165, 1.54) is 6.33 Å². The van der Waals surface area contributed by atoms with Crippen molar-refractivity contribution in [3.8, 4) is 0 Å². The molecule has 1 saturated heterocycles. The quantitative estimate of drug-likeness (QED) is 0.890. The van der Waals surface area contributed by atoms with E-state index in [-0.39, 0.29) is 23.5 Å². The van der Waals surface area contributed by atoms with Gasteiger partial charge in [-0.15, -0.1) is 0 Å². The molecule has 2 aromatic rings. The minimum atomic E-state index is -0.394. The molecule has 0 bridgehead atoms. The van der Waals surface area contributed by atoms with Crippen molar-refractivity contribution in [3.05, 3.63) is 23.8 Å². The summed E-state index contributed by atoms with van der Waals surface area (Å²) in [6, 6.07) is 1.68. The van der Waals surface area contributed by atoms with Crippen molar-refractivity contribution in [3.63, 3.8) is 0 Å². The van der Waals surface area contributed by atoms with Crippen LogP contribution in [0.3, 0.4) is 0 Å². The third kappa shape index (κ3) is 2.59. The van der Waals surface area contributed by atoms with E-state index in [4.69, 9.17) is 4.74 Å². The molecule has 4 rings (SSSR count). The number of hydrogen-bond acceptors (Lipinski definition) is 6. The van der Waals surface area contributed by atoms with E-state index in [0.717, 1.165) is 18.5 Å². The lowest BCUT2D eigenvalue weighted by Gasteiger charge is -2.42. The zero-order valence-electron chi connectivity index (χ0n) is 15.4. The lowest BCUT2D eigenvalue weighted by molar-refractivity contribution is -0.0824. The van der Waals surface area contributed by atoms with Gasteiger partial charge in [-0.1, -0.05) is 13.8 Å². The van der Waals surface area contributed by atoms with Crippen LogP contribution in [0.15, 0.2) is 12.4 Å². The zero-order chi connectivity index (χ0) is 18.5. The Morgan fingerprint density at radius 1 is 1.42 bits per heavy atom. The van der Waals surface area contributed by atoms with Crippen molar-refractivity contribution in [2.45, 2.75) is 63.2 Å². The van der Waals surface area contributed by atoms with Crippen LogP contribution in [0.2, 0.25) is 0 Å². The molecule has 8 nitrogen and oxygen atoms in total. The fourth-order valence-electron chi connectivity index (χ4n) is 4.42. The lowest BCUT2D eigenvalue weighted by Crippen LogP contribution is -2.52. The van der Waals surface area contributed by atoms with Gasteiger partial charge < -0.3 is 14.7 Å². The number of aromatic nitrogens is 4. The number of methoxy groups -OCH3 is 1. The molecule has 0 aromatic carbocycles. The number of hydrogen-bond donors (Lipinski definition) is 1. The minimum absolute atomic E-state index is 0.123. The smallest absolute Gasteiger partial charge is 0.273 e. The van der Waals surface area contributed by atoms with Crippen LogP contribution in [-0.4, -0.2) is 66.9 Å². The molecule has 1 N–H and O–H groups in total. The van der Waals surface area contributed by atoms with Gasteiger partial charge in [0.05, 0.1) is 23.4 Å². The molecule has 1 aliphatic carbocycles. The number of fused-ring (bicyclic) bond motifs is 2. The Kier molecular flexibility index (Phi) is 4.19. The molecule has 0 spiro atoms. The molecule has 1 aliphatic heterocycles. The van der Waals surface area contributed by atoms with Crippen LogP contribution < -0.4 is 0 Å². The Morgan fingerprint density at radius 3 is 2.96 bits per heavy atom. The number of nitrogens with zero attached hydrogens (tertiary/aromatic N) is 5. The maximum absolute atomic E-state index is 13.3. The first-order valence-corrected chi connectivity index (χ1v) is 9.20. The summed E-state index contributed by atoms with van der Waals surface area (Å²) in [5.74, 6) is 0.484. The highest BCUT2D eigenvalue weighted by molar-refractivity contribution is 5.93. The number of amides is 1. The summed E-state index contributed by atoms with van der Waals surface area (Å²) in [6.07, 6.45) is 3.88. The number of aliphatic hydroxyl groups is 1. The monoisotopic (exact) mass is 359 g/mol. The van der Waals surface area contributed by atoms with Crippen molar-refractivity contribution in [2.24, 2.45) is 0 Å². The molecule has 2 aliphatic rings. The number of carbonyl (C=O) groups is 1. The van der Waals surface area contributed by atoms with E-state index >= 15 is 0 Å². The van der Waals surface area contributed by atoms with E-state index in [2.05, 4.69) is 15.1 Å². The van der Waals surface area contributed by atoms with E-state index in [0.29, 0.717) is 30.9 Å². The topological polar surface area (TPSA) is 92.9 Å². The second-order valence-electron chi connectivity index (χ2n) is 7.65. The molecule has 3 atom stereocenters. The molecule has 8 heteroatoms. The number of rotatable bonds is 3. The Balaban J connectivity index is 1.70. The number of likely N-dealkylation sites (tertiary alicyclic amines) is 1. The summed E-state index contributed by atoms with van der Waals surface area (Å²) in [5, 5.41) is 14.3. The molecule has 0 radical (unpaired) electrons. The zero-order valence-corrected chi connectivity index (χ0v) is 15.4. The van der Waals surface area contributed by atoms with Gasteiger partial charge in [0.1, 0.15) is 12.0 Å². The number of ether oxygens (including phenoxy) is 1. The van der Waals surface area contributed by atoms with Crippen LogP contribution in [0.25, 0.3) is 5.78 Å². The fourth-order valence-corrected chi connectivity index (χ4v) is 4.42. The van der Waals surface area contributed by atoms with E-state index in [1.54, 1.807) is 17.7 Å². The molecular weight excluding hydrogens is 334 g/mol. The van der Waals surface area contributed by atoms with Crippen molar-refractivity contribution >= 4 is 11.7 Å². The Bertz CT molecular complexity index is 835. The summed E-state index contributed by atoms with van der Waals surface area (Å²) >= 11 is 0. The maximum atomic E-state index is 13.3. The van der Waals surface area contributed by atoms with Gasteiger partial charge in [0.25, 0.3) is 11.7 Å². The predicted octanol–water partition coefficient (Wildman–Crippen LogP) is 1.39. The Labute approximate surface area is 152 Å². The second kappa shape index (κ2) is 6.28. The average Bonchev–Trinajstić information content (AvgIpc) is 3.24. The van der Waals surface area contributed by atoms with Crippen LogP contribution in [0, 0.1) is 0 Å². The Morgan fingerprint density at radius 2 is 2.23 bits per heavy atom. The van der Waals surface area contributed by atoms with Crippen molar-refractivity contribution in [1.82, 2.24) is 24.5 Å². The fraction of sp³-hybridized carbons (Fsp3) is 0.667. The predicted molar refractivity (Wildman–Crippen MR) is 93.9 cm³/mol. The second-order valence-corrected chi connectivity index (χ2v) is 7.65. The first kappa shape index (κ1) is 17.4. The highest BCUT2D eigenvalue weighted by Crippen LogP contribution is 2.42. The summed E-state index contributed by atoms with van der Waals surface area (Å²) in [4.78, 5) is 23.7. The van der Waals surface area contributed by atoms with Gasteiger partial charge in [-0.25, -0.2) is 9.50 Å². The molecular formula is C18H25N5O3. The van der Waals surface area contributed by atoms with Crippen LogP contribution in [0.5, 0.6) is 0 Å². The molecule has 2 aromatic heterocycles. The van der Waals surface area contributed by atoms with Gasteiger partial charge >= 0.3 is 0 Å². The summed E-state index contributed by atoms with van der Waals surface area (Å²) in [5.41, 5.74) is 0.923. The standard InChI is InChI=1S/C18H25N5O3/c1-11(2)14-9-13(21-17-19-10-20-23(14)17)16(25)22-7-6-18(26-3)5-4-12(24)8-15(18)22/h9-12,15,24H,4-8H2,1-3H3/t12-,15+,18-/m1/s1. The molecule has 0 unspecified atom stereocenters. The van der Waals surface area contributed by atoms with Crippen molar-refractivity contribution in [2.75, 3.05) is 13.7 Å². The summed E-state index contributed by atoms with van der Waals surface area (Å²) < 4.78 is 7.51. The van der Waals surface area contributed by atoms with E-state index < -0.39 is 6.10 Å². The normalized spacial score (nSPS) is 28.7. The van der Waals surface area contributed by atoms with Gasteiger partial charge in [-0.3, -0.25) is 4.79 Å². The van der Waals surface area contributed by atoms with Gasteiger partial charge in [-0.2, -0.15) is 10.1 Å². The SMILES string of the molecule is CO[C@@]12CC[C@@H](O)C[C@@H]1N(C(=O)c1cc(C(C)C)n3ncnc3n1)CC2. The van der Waals surface area contributed by atoms with Gasteiger partial charge in [-0.05, 0) is 37.7 Å². The van der Waals surface area contributed by atoms with E-state index in [1.807, 2.05) is 18.7 Å². The minimum Gasteiger partial charge on any atom is -0.393 e. The number of aliphatic hydroxyl groups excluding tert-OH is 1. The molecule has 1 amide bonds. The maximum Gasteiger partial charge on any atom is 0.273 e. The number of carbonyl (C=O) groups excluding carboxylic acids is 1. The third-order valence-electron chi connectivity index (χ3n) is 5.91. The molecule has 3 heterocycles. The van der Waals surface area contributed by atoms with Crippen LogP contribution in [-0.2, 0) is 4.74 Å². The first-order chi connectivity index (χ1) is 12.4. The van der Waals surface area contributed by atoms with Crippen LogP contribution >= 0.6 is 0 Å². The van der Waals surface area contributed by atoms with Crippen LogP contribution in [0.4, 0.5) is 0 Å². The lowest BCUT2D eigenvalue weighted by atomic mass is 9.79. The van der Waals surface area contributed by atoms with E-state index in [9.17, 15) is 9.90 Å². The molecule has 1 saturated carbocycles. The third-order valence-corrected chi connectivity index (χ3v) is 5.91. The van der Waals surface area contributed by atoms with Crippen molar-refractivity contribution in [1.29, 1.82) is 0 Å². The molecule has 26 heavy (non-hydrogen) atoms. The molecule has 140 valence electrons. The molecule has 2 fully saturated rings. The highest BCUT2D eigenvalue weighted by atomic mass is 16.5. The van der Waals surface area contributed by atoms with Crippen LogP contribution in [0.1, 0.15) is 61.6 Å².